The van der Waals surface area contributed by atoms with E-state index in [-0.39, 0.29) is 22.6 Å². The zero-order valence-corrected chi connectivity index (χ0v) is 9.61. The van der Waals surface area contributed by atoms with Crippen molar-refractivity contribution in [1.29, 1.82) is 0 Å². The molecule has 0 fully saturated rings. The fourth-order valence-corrected chi connectivity index (χ4v) is 1.66. The van der Waals surface area contributed by atoms with Gasteiger partial charge in [0.05, 0.1) is 21.9 Å². The first kappa shape index (κ1) is 12.5. The number of nitrogens with two attached hydrogens (primary N) is 1. The summed E-state index contributed by atoms with van der Waals surface area (Å²) < 4.78 is 0. The van der Waals surface area contributed by atoms with E-state index in [1.807, 2.05) is 0 Å². The van der Waals surface area contributed by atoms with E-state index in [9.17, 15) is 14.9 Å². The largest absolute Gasteiger partial charge is 0.478 e. The van der Waals surface area contributed by atoms with Crippen LogP contribution in [0.2, 0.25) is 0 Å². The zero-order valence-electron chi connectivity index (χ0n) is 9.61. The molecule has 0 radical (unpaired) electrons. The summed E-state index contributed by atoms with van der Waals surface area (Å²) in [7, 11) is 0. The van der Waals surface area contributed by atoms with Crippen LogP contribution in [0.4, 0.5) is 11.4 Å². The predicted molar refractivity (Wildman–Crippen MR) is 67.7 cm³/mol. The number of non-ortho nitro benzene ring substituents is 1. The predicted octanol–water partition coefficient (Wildman–Crippen LogP) is 1.94. The van der Waals surface area contributed by atoms with Crippen molar-refractivity contribution in [2.75, 3.05) is 5.73 Å². The molecule has 2 rings (SSSR count). The quantitative estimate of drug-likeness (QED) is 0.642. The van der Waals surface area contributed by atoms with Crippen LogP contribution in [0, 0.1) is 10.1 Å². The maximum Gasteiger partial charge on any atom is 0.337 e. The lowest BCUT2D eigenvalue weighted by Crippen LogP contribution is -2.05. The van der Waals surface area contributed by atoms with E-state index in [1.165, 1.54) is 30.5 Å². The van der Waals surface area contributed by atoms with Crippen molar-refractivity contribution in [1.82, 2.24) is 4.98 Å². The van der Waals surface area contributed by atoms with Crippen LogP contribution in [0.5, 0.6) is 0 Å². The molecule has 2 aromatic rings. The van der Waals surface area contributed by atoms with E-state index in [4.69, 9.17) is 10.8 Å². The van der Waals surface area contributed by atoms with Crippen LogP contribution in [-0.4, -0.2) is 21.0 Å². The summed E-state index contributed by atoms with van der Waals surface area (Å²) >= 11 is 0. The fourth-order valence-electron chi connectivity index (χ4n) is 1.66. The van der Waals surface area contributed by atoms with Gasteiger partial charge in [-0.1, -0.05) is 12.1 Å². The van der Waals surface area contributed by atoms with Gasteiger partial charge in [0, 0.05) is 23.9 Å². The number of nitro groups is 1. The molecule has 19 heavy (non-hydrogen) atoms. The van der Waals surface area contributed by atoms with Crippen LogP contribution in [0.25, 0.3) is 11.3 Å². The average molecular weight is 259 g/mol. The topological polar surface area (TPSA) is 119 Å². The Kier molecular flexibility index (Phi) is 3.11. The van der Waals surface area contributed by atoms with Gasteiger partial charge in [0.15, 0.2) is 0 Å². The number of aromatic carboxylic acids is 1. The summed E-state index contributed by atoms with van der Waals surface area (Å²) in [6.45, 7) is 0. The third-order valence-electron chi connectivity index (χ3n) is 2.55. The molecule has 0 spiro atoms. The third-order valence-corrected chi connectivity index (χ3v) is 2.55. The van der Waals surface area contributed by atoms with Crippen molar-refractivity contribution in [3.05, 3.63) is 52.2 Å². The minimum absolute atomic E-state index is 0.0181. The molecule has 1 heterocycles. The van der Waals surface area contributed by atoms with Crippen molar-refractivity contribution >= 4 is 17.3 Å². The molecule has 0 saturated heterocycles. The molecule has 0 atom stereocenters. The van der Waals surface area contributed by atoms with Crippen molar-refractivity contribution in [2.24, 2.45) is 0 Å². The van der Waals surface area contributed by atoms with Crippen molar-refractivity contribution in [2.45, 2.75) is 0 Å². The first-order valence-corrected chi connectivity index (χ1v) is 5.23. The third kappa shape index (κ3) is 2.34. The Balaban J connectivity index is 2.59. The smallest absolute Gasteiger partial charge is 0.337 e. The summed E-state index contributed by atoms with van der Waals surface area (Å²) in [6, 6.07) is 6.98. The van der Waals surface area contributed by atoms with E-state index in [1.54, 1.807) is 6.07 Å². The number of benzene rings is 1. The molecule has 0 aliphatic rings. The lowest BCUT2D eigenvalue weighted by molar-refractivity contribution is -0.384. The number of carboxylic acid groups (broad SMARTS) is 1. The molecule has 1 aromatic carbocycles. The molecule has 0 bridgehead atoms. The Morgan fingerprint density at radius 3 is 2.74 bits per heavy atom. The van der Waals surface area contributed by atoms with Crippen LogP contribution in [0.15, 0.2) is 36.5 Å². The van der Waals surface area contributed by atoms with Crippen LogP contribution >= 0.6 is 0 Å². The summed E-state index contributed by atoms with van der Waals surface area (Å²) in [4.78, 5) is 25.1. The number of pyridine rings is 1. The molecule has 0 unspecified atom stereocenters. The van der Waals surface area contributed by atoms with Gasteiger partial charge in [-0.15, -0.1) is 0 Å². The van der Waals surface area contributed by atoms with Gasteiger partial charge in [-0.25, -0.2) is 4.79 Å². The molecule has 96 valence electrons. The minimum atomic E-state index is -1.17. The number of nitro benzene ring substituents is 1. The molecule has 7 nitrogen and oxygen atoms in total. The number of nitrogen functional groups attached to an aromatic ring is 1. The van der Waals surface area contributed by atoms with Gasteiger partial charge >= 0.3 is 5.97 Å². The highest BCUT2D eigenvalue weighted by Gasteiger charge is 2.15. The molecule has 0 saturated carbocycles. The second-order valence-electron chi connectivity index (χ2n) is 3.73. The Morgan fingerprint density at radius 2 is 2.11 bits per heavy atom. The number of aromatic nitrogens is 1. The highest BCUT2D eigenvalue weighted by molar-refractivity contribution is 5.97. The molecule has 7 heteroatoms. The first-order valence-electron chi connectivity index (χ1n) is 5.23. The first-order chi connectivity index (χ1) is 9.00. The summed E-state index contributed by atoms with van der Waals surface area (Å²) in [5.41, 5.74) is 6.12. The lowest BCUT2D eigenvalue weighted by atomic mass is 10.1. The van der Waals surface area contributed by atoms with Gasteiger partial charge < -0.3 is 10.8 Å². The van der Waals surface area contributed by atoms with E-state index in [2.05, 4.69) is 4.98 Å². The van der Waals surface area contributed by atoms with Gasteiger partial charge in [0.25, 0.3) is 5.69 Å². The maximum atomic E-state index is 11.0. The second-order valence-corrected chi connectivity index (χ2v) is 3.73. The van der Waals surface area contributed by atoms with Crippen molar-refractivity contribution in [3.63, 3.8) is 0 Å². The fraction of sp³-hybridized carbons (Fsp3) is 0. The van der Waals surface area contributed by atoms with Crippen LogP contribution in [0.3, 0.4) is 0 Å². The molecule has 0 aliphatic heterocycles. The second kappa shape index (κ2) is 4.73. The molecular formula is C12H9N3O4. The van der Waals surface area contributed by atoms with Gasteiger partial charge in [0.2, 0.25) is 0 Å². The molecule has 0 amide bonds. The van der Waals surface area contributed by atoms with Gasteiger partial charge in [-0.3, -0.25) is 15.1 Å². The van der Waals surface area contributed by atoms with E-state index in [0.29, 0.717) is 5.56 Å². The van der Waals surface area contributed by atoms with Crippen molar-refractivity contribution < 1.29 is 14.8 Å². The monoisotopic (exact) mass is 259 g/mol. The number of carbonyl (C=O) groups is 1. The maximum absolute atomic E-state index is 11.0. The number of anilines is 1. The Morgan fingerprint density at radius 1 is 1.37 bits per heavy atom. The van der Waals surface area contributed by atoms with Gasteiger partial charge in [-0.2, -0.15) is 0 Å². The van der Waals surface area contributed by atoms with E-state index in [0.717, 1.165) is 0 Å². The van der Waals surface area contributed by atoms with Crippen LogP contribution in [-0.2, 0) is 0 Å². The highest BCUT2D eigenvalue weighted by Crippen LogP contribution is 2.28. The normalized spacial score (nSPS) is 10.1. The Hall–Kier alpha value is -2.96. The van der Waals surface area contributed by atoms with Gasteiger partial charge in [-0.05, 0) is 6.07 Å². The number of hydrogen-bond acceptors (Lipinski definition) is 5. The highest BCUT2D eigenvalue weighted by atomic mass is 16.6. The SMILES string of the molecule is Nc1c(C(=O)O)ccnc1-c1cccc([N+](=O)[O-])c1. The number of rotatable bonds is 3. The number of nitrogens with zero attached hydrogens (tertiary/aromatic N) is 2. The van der Waals surface area contributed by atoms with Gasteiger partial charge in [0.1, 0.15) is 0 Å². The van der Waals surface area contributed by atoms with Crippen LogP contribution < -0.4 is 5.73 Å². The van der Waals surface area contributed by atoms with Crippen molar-refractivity contribution in [3.8, 4) is 11.3 Å². The standard InChI is InChI=1S/C12H9N3O4/c13-10-9(12(16)17)4-5-14-11(10)7-2-1-3-8(6-7)15(18)19/h1-6H,13H2,(H,16,17). The van der Waals surface area contributed by atoms with E-state index < -0.39 is 10.9 Å². The average Bonchev–Trinajstić information content (AvgIpc) is 2.38. The number of hydrogen-bond donors (Lipinski definition) is 2. The van der Waals surface area contributed by atoms with Crippen LogP contribution in [0.1, 0.15) is 10.4 Å². The summed E-state index contributed by atoms with van der Waals surface area (Å²) in [5, 5.41) is 19.7. The Labute approximate surface area is 107 Å². The van der Waals surface area contributed by atoms with E-state index >= 15 is 0 Å². The minimum Gasteiger partial charge on any atom is -0.478 e. The molecular weight excluding hydrogens is 250 g/mol. The molecule has 0 aliphatic carbocycles. The summed E-state index contributed by atoms with van der Waals surface area (Å²) in [5.74, 6) is -1.17. The Bertz CT molecular complexity index is 670. The molecule has 3 N–H and O–H groups in total. The zero-order chi connectivity index (χ0) is 14.0. The molecule has 1 aromatic heterocycles. The number of carboxylic acids is 1. The lowest BCUT2D eigenvalue weighted by Gasteiger charge is -2.07. The summed E-state index contributed by atoms with van der Waals surface area (Å²) in [6.07, 6.45) is 1.30.